The number of benzene rings is 8. The average molecular weight is 1360 g/mol. The molecule has 21 heteroatoms. The van der Waals surface area contributed by atoms with E-state index in [0.29, 0.717) is 19.7 Å². The molecule has 4 atom stereocenters. The van der Waals surface area contributed by atoms with E-state index in [-0.39, 0.29) is 88.2 Å². The molecule has 4 N–H and O–H groups in total. The van der Waals surface area contributed by atoms with Crippen LogP contribution in [0.2, 0.25) is 0 Å². The molecule has 21 nitrogen and oxygen atoms in total. The minimum atomic E-state index is -1.08. The molecule has 0 spiro atoms. The second-order valence-corrected chi connectivity index (χ2v) is 25.5. The number of aromatic hydroxyl groups is 1. The lowest BCUT2D eigenvalue weighted by Gasteiger charge is -2.46. The highest BCUT2D eigenvalue weighted by molar-refractivity contribution is 5.94. The molecule has 0 aliphatic carbocycles. The molecule has 2 heterocycles. The largest absolute Gasteiger partial charge is 0.508 e. The van der Waals surface area contributed by atoms with E-state index in [1.807, 2.05) is 184 Å². The van der Waals surface area contributed by atoms with Gasteiger partial charge in [-0.2, -0.15) is 5.01 Å². The van der Waals surface area contributed by atoms with Crippen LogP contribution in [0, 0.1) is 6.92 Å². The first-order valence-corrected chi connectivity index (χ1v) is 33.5. The smallest absolute Gasteiger partial charge is 0.429 e. The maximum Gasteiger partial charge on any atom is 0.429 e. The lowest BCUT2D eigenvalue weighted by Crippen LogP contribution is -2.66. The molecule has 2 aliphatic rings. The number of hydrazine groups is 2. The Kier molecular flexibility index (Phi) is 25.7. The van der Waals surface area contributed by atoms with E-state index >= 15 is 0 Å². The van der Waals surface area contributed by atoms with Gasteiger partial charge in [-0.05, 0) is 102 Å². The standard InChI is InChI=1S/C44H55N5O7.C35H35N5O4/c1-8-26-48(42(52)45-28-34-16-11-10-12-17-34)49(43(53)56-44(4,5)6)30-39(50)46-38(27-33-24-22-32(3)23-25-33)41(51)47(31-40(54-7)55-9-2)29-36-20-15-19-35-18-13-14-21-37(35)36;1-2-19-38(35(44)36-21-26-9-4-3-5-10-26)39-24-33(42)40-31(20-25-15-17-29(41)18-16-25)34(43)37(23-32(39)40)22-28-13-8-12-27-11-6-7-14-30(27)28/h8,10-25,38,40H,1,9,26-31H2,2-7H3,(H,45,52)(H,46,50);2-18,31-32,41H,1,19-24H2,(H,36,44)/t38-,40?;31-,32+/m00/s1. The zero-order valence-electron chi connectivity index (χ0n) is 57.7. The van der Waals surface area contributed by atoms with Crippen LogP contribution in [0.5, 0.6) is 5.75 Å². The number of ether oxygens (including phenoxy) is 3. The van der Waals surface area contributed by atoms with Crippen molar-refractivity contribution in [2.45, 2.75) is 104 Å². The zero-order chi connectivity index (χ0) is 71.3. The predicted molar refractivity (Wildman–Crippen MR) is 385 cm³/mol. The van der Waals surface area contributed by atoms with Crippen LogP contribution < -0.4 is 16.0 Å². The van der Waals surface area contributed by atoms with Crippen LogP contribution in [-0.4, -0.2) is 165 Å². The number of fused-ring (bicyclic) bond motifs is 3. The highest BCUT2D eigenvalue weighted by Crippen LogP contribution is 2.32. The van der Waals surface area contributed by atoms with Crippen molar-refractivity contribution in [3.8, 4) is 5.75 Å². The number of amides is 9. The number of nitrogens with zero attached hydrogens (tertiary/aromatic N) is 7. The molecule has 2 fully saturated rings. The lowest BCUT2D eigenvalue weighted by atomic mass is 9.99. The Labute approximate surface area is 585 Å². The third-order valence-electron chi connectivity index (χ3n) is 17.0. The molecule has 10 rings (SSSR count). The number of piperazine rings is 1. The third kappa shape index (κ3) is 19.7. The summed E-state index contributed by atoms with van der Waals surface area (Å²) >= 11 is 0. The van der Waals surface area contributed by atoms with Gasteiger partial charge < -0.3 is 50.0 Å². The molecule has 2 saturated heterocycles. The first-order valence-electron chi connectivity index (χ1n) is 33.5. The summed E-state index contributed by atoms with van der Waals surface area (Å²) in [7, 11) is 1.52. The second-order valence-electron chi connectivity index (χ2n) is 25.5. The molecular formula is C79H90N10O11. The quantitative estimate of drug-likeness (QED) is 0.0226. The highest BCUT2D eigenvalue weighted by atomic mass is 16.7. The van der Waals surface area contributed by atoms with Crippen LogP contribution in [0.4, 0.5) is 14.4 Å². The Hall–Kier alpha value is -10.9. The Morgan fingerprint density at radius 1 is 0.670 bits per heavy atom. The Morgan fingerprint density at radius 3 is 1.82 bits per heavy atom. The van der Waals surface area contributed by atoms with Crippen molar-refractivity contribution in [1.82, 2.24) is 50.7 Å². The number of phenolic OH excluding ortho intramolecular Hbond substituents is 1. The van der Waals surface area contributed by atoms with Gasteiger partial charge in [-0.15, -0.1) is 13.2 Å². The lowest BCUT2D eigenvalue weighted by molar-refractivity contribution is -0.157. The normalized spacial score (nSPS) is 14.9. The van der Waals surface area contributed by atoms with Crippen LogP contribution in [0.3, 0.4) is 0 Å². The van der Waals surface area contributed by atoms with Gasteiger partial charge >= 0.3 is 18.2 Å². The first-order chi connectivity index (χ1) is 48.2. The monoisotopic (exact) mass is 1350 g/mol. The molecule has 9 amide bonds. The summed E-state index contributed by atoms with van der Waals surface area (Å²) in [6.45, 7) is 17.6. The topological polar surface area (TPSA) is 226 Å². The highest BCUT2D eigenvalue weighted by Gasteiger charge is 2.52. The van der Waals surface area contributed by atoms with E-state index < -0.39 is 54.7 Å². The van der Waals surface area contributed by atoms with Gasteiger partial charge in [0, 0.05) is 52.7 Å². The van der Waals surface area contributed by atoms with Gasteiger partial charge in [0.2, 0.25) is 23.6 Å². The number of rotatable bonds is 26. The van der Waals surface area contributed by atoms with Crippen molar-refractivity contribution in [3.63, 3.8) is 0 Å². The summed E-state index contributed by atoms with van der Waals surface area (Å²) in [5.41, 5.74) is 5.43. The second kappa shape index (κ2) is 35.1. The van der Waals surface area contributed by atoms with Gasteiger partial charge in [0.25, 0.3) is 0 Å². The van der Waals surface area contributed by atoms with E-state index in [9.17, 15) is 38.7 Å². The summed E-state index contributed by atoms with van der Waals surface area (Å²) in [4.78, 5) is 103. The van der Waals surface area contributed by atoms with Gasteiger partial charge in [0.15, 0.2) is 6.29 Å². The van der Waals surface area contributed by atoms with E-state index in [2.05, 4.69) is 29.1 Å². The van der Waals surface area contributed by atoms with Crippen LogP contribution in [0.1, 0.15) is 66.6 Å². The summed E-state index contributed by atoms with van der Waals surface area (Å²) in [6, 6.07) is 58.4. The molecule has 1 unspecified atom stereocenters. The Balaban J connectivity index is 0.000000239. The molecule has 522 valence electrons. The number of hydrogen-bond acceptors (Lipinski definition) is 12. The van der Waals surface area contributed by atoms with Crippen molar-refractivity contribution in [3.05, 3.63) is 258 Å². The average Bonchev–Trinajstić information content (AvgIpc) is 1.57. The van der Waals surface area contributed by atoms with Crippen LogP contribution in [0.15, 0.2) is 219 Å². The predicted octanol–water partition coefficient (Wildman–Crippen LogP) is 11.0. The number of methoxy groups -OCH3 is 1. The number of carbonyl (C=O) groups is 7. The Morgan fingerprint density at radius 2 is 1.23 bits per heavy atom. The van der Waals surface area contributed by atoms with Crippen molar-refractivity contribution in [2.75, 3.05) is 53.0 Å². The van der Waals surface area contributed by atoms with Gasteiger partial charge in [-0.1, -0.05) is 200 Å². The number of phenols is 1. The van der Waals surface area contributed by atoms with E-state index in [0.717, 1.165) is 70.5 Å². The molecule has 8 aromatic rings. The number of urea groups is 2. The summed E-state index contributed by atoms with van der Waals surface area (Å²) in [5, 5.41) is 27.9. The van der Waals surface area contributed by atoms with Crippen LogP contribution in [0.25, 0.3) is 21.5 Å². The fourth-order valence-electron chi connectivity index (χ4n) is 12.2. The summed E-state index contributed by atoms with van der Waals surface area (Å²) in [6.07, 6.45) is 1.27. The molecule has 0 saturated carbocycles. The number of carbonyl (C=O) groups excluding carboxylic acids is 7. The van der Waals surface area contributed by atoms with Crippen molar-refractivity contribution < 1.29 is 52.9 Å². The van der Waals surface area contributed by atoms with E-state index in [4.69, 9.17) is 14.2 Å². The minimum absolute atomic E-state index is 0.0429. The van der Waals surface area contributed by atoms with Gasteiger partial charge in [-0.25, -0.2) is 24.4 Å². The molecule has 100 heavy (non-hydrogen) atoms. The van der Waals surface area contributed by atoms with Crippen molar-refractivity contribution in [1.29, 1.82) is 0 Å². The zero-order valence-corrected chi connectivity index (χ0v) is 57.7. The summed E-state index contributed by atoms with van der Waals surface area (Å²) < 4.78 is 17.1. The van der Waals surface area contributed by atoms with Gasteiger partial charge in [-0.3, -0.25) is 24.2 Å². The molecule has 2 aliphatic heterocycles. The van der Waals surface area contributed by atoms with E-state index in [1.165, 1.54) is 18.2 Å². The molecule has 0 radical (unpaired) electrons. The van der Waals surface area contributed by atoms with E-state index in [1.54, 1.807) is 70.8 Å². The Bertz CT molecular complexity index is 4110. The van der Waals surface area contributed by atoms with Crippen LogP contribution >= 0.6 is 0 Å². The molecular weight excluding hydrogens is 1260 g/mol. The van der Waals surface area contributed by atoms with Crippen molar-refractivity contribution in [2.24, 2.45) is 0 Å². The minimum Gasteiger partial charge on any atom is -0.508 e. The number of hydrogen-bond donors (Lipinski definition) is 4. The maximum atomic E-state index is 14.8. The maximum absolute atomic E-state index is 14.8. The SMILES string of the molecule is C=CCN(C(=O)NCc1ccccc1)N(CC(=O)N[C@@H](Cc1ccc(C)cc1)C(=O)N(Cc1cccc2ccccc12)CC(OC)OCC)C(=O)OC(C)(C)C.C=CCN(C(=O)NCc1ccccc1)N1CC(=O)N2[C@@H](Cc3ccc(O)cc3)C(=O)N(Cc3cccc4ccccc34)C[C@@H]21. The third-order valence-corrected chi connectivity index (χ3v) is 17.0. The fraction of sp³-hybridized carbons (Fsp3) is 0.304. The summed E-state index contributed by atoms with van der Waals surface area (Å²) in [5.74, 6) is -1.32. The van der Waals surface area contributed by atoms with Gasteiger partial charge in [0.1, 0.15) is 36.1 Å². The first kappa shape index (κ1) is 73.4. The molecule has 0 bridgehead atoms. The molecule has 0 aromatic heterocycles. The van der Waals surface area contributed by atoms with Gasteiger partial charge in [0.05, 0.1) is 32.7 Å². The van der Waals surface area contributed by atoms with Crippen molar-refractivity contribution >= 4 is 63.3 Å². The fourth-order valence-corrected chi connectivity index (χ4v) is 12.2. The molecule has 8 aromatic carbocycles. The number of nitrogens with one attached hydrogen (secondary N) is 3. The van der Waals surface area contributed by atoms with Crippen LogP contribution in [-0.2, 0) is 72.4 Å². The number of aryl methyl sites for hydroxylation is 1.